The number of carbonyl (C=O) groups is 1. The normalized spacial score (nSPS) is 16.5. The second kappa shape index (κ2) is 9.70. The molecule has 1 heterocycles. The van der Waals surface area contributed by atoms with Gasteiger partial charge in [0.1, 0.15) is 16.4 Å². The quantitative estimate of drug-likeness (QED) is 0.667. The van der Waals surface area contributed by atoms with E-state index < -0.39 is 10.0 Å². The average Bonchev–Trinajstić information content (AvgIpc) is 3.22. The van der Waals surface area contributed by atoms with Crippen LogP contribution in [0.3, 0.4) is 0 Å². The van der Waals surface area contributed by atoms with Gasteiger partial charge in [0, 0.05) is 18.2 Å². The van der Waals surface area contributed by atoms with Crippen LogP contribution < -0.4 is 14.2 Å². The number of rotatable bonds is 8. The number of hydrogen-bond acceptors (Lipinski definition) is 5. The van der Waals surface area contributed by atoms with Crippen LogP contribution in [0.15, 0.2) is 47.4 Å². The second-order valence-electron chi connectivity index (χ2n) is 7.80. The Morgan fingerprint density at radius 2 is 1.90 bits per heavy atom. The topological polar surface area (TPSA) is 84.9 Å². The van der Waals surface area contributed by atoms with Crippen LogP contribution in [0.25, 0.3) is 0 Å². The van der Waals surface area contributed by atoms with Gasteiger partial charge in [-0.2, -0.15) is 0 Å². The molecule has 2 aromatic rings. The minimum Gasteiger partial charge on any atom is -0.495 e. The van der Waals surface area contributed by atoms with E-state index in [1.54, 1.807) is 19.9 Å². The van der Waals surface area contributed by atoms with Gasteiger partial charge >= 0.3 is 0 Å². The minimum absolute atomic E-state index is 0.0358. The molecule has 1 atom stereocenters. The summed E-state index contributed by atoms with van der Waals surface area (Å²) in [5, 5.41) is 0. The Labute approximate surface area is 184 Å². The molecule has 1 fully saturated rings. The highest BCUT2D eigenvalue weighted by atomic mass is 32.2. The molecule has 31 heavy (non-hydrogen) atoms. The van der Waals surface area contributed by atoms with Gasteiger partial charge < -0.3 is 14.4 Å². The summed E-state index contributed by atoms with van der Waals surface area (Å²) in [5.41, 5.74) is 1.36. The van der Waals surface area contributed by atoms with Crippen molar-refractivity contribution >= 4 is 15.9 Å². The van der Waals surface area contributed by atoms with E-state index in [9.17, 15) is 13.2 Å². The van der Waals surface area contributed by atoms with E-state index >= 15 is 0 Å². The number of methoxy groups -OCH3 is 1. The monoisotopic (exact) mass is 446 g/mol. The lowest BCUT2D eigenvalue weighted by Gasteiger charge is -2.26. The Kier molecular flexibility index (Phi) is 7.23. The van der Waals surface area contributed by atoms with E-state index in [1.165, 1.54) is 19.2 Å². The Hall–Kier alpha value is -2.58. The SMILES string of the molecule is CCOc1ccc(C2CCCN2C(=O)c2ccc(OC)c(S(=O)(=O)NC(C)C)c2)cc1. The number of ether oxygens (including phenoxy) is 2. The summed E-state index contributed by atoms with van der Waals surface area (Å²) in [5.74, 6) is 0.805. The fraction of sp³-hybridized carbons (Fsp3) is 0.435. The zero-order chi connectivity index (χ0) is 22.6. The molecule has 0 spiro atoms. The maximum atomic E-state index is 13.3. The van der Waals surface area contributed by atoms with Crippen molar-refractivity contribution in [3.8, 4) is 11.5 Å². The summed E-state index contributed by atoms with van der Waals surface area (Å²) < 4.78 is 38.8. The molecular weight excluding hydrogens is 416 g/mol. The van der Waals surface area contributed by atoms with Crippen molar-refractivity contribution in [1.82, 2.24) is 9.62 Å². The first-order chi connectivity index (χ1) is 14.8. The largest absolute Gasteiger partial charge is 0.495 e. The molecule has 1 saturated heterocycles. The van der Waals surface area contributed by atoms with Gasteiger partial charge in [-0.3, -0.25) is 4.79 Å². The van der Waals surface area contributed by atoms with E-state index in [4.69, 9.17) is 9.47 Å². The molecule has 0 aromatic heterocycles. The van der Waals surface area contributed by atoms with Crippen molar-refractivity contribution in [2.75, 3.05) is 20.3 Å². The molecule has 1 N–H and O–H groups in total. The van der Waals surface area contributed by atoms with Gasteiger partial charge in [0.25, 0.3) is 5.91 Å². The van der Waals surface area contributed by atoms with E-state index in [1.807, 2.05) is 36.1 Å². The summed E-state index contributed by atoms with van der Waals surface area (Å²) in [6.45, 7) is 6.64. The third-order valence-corrected chi connectivity index (χ3v) is 6.86. The molecule has 1 amide bonds. The molecule has 0 radical (unpaired) electrons. The minimum atomic E-state index is -3.82. The molecular formula is C23H30N2O5S. The maximum absolute atomic E-state index is 13.3. The van der Waals surface area contributed by atoms with E-state index in [2.05, 4.69) is 4.72 Å². The van der Waals surface area contributed by atoms with Crippen LogP contribution >= 0.6 is 0 Å². The molecule has 3 rings (SSSR count). The van der Waals surface area contributed by atoms with Crippen LogP contribution in [0.5, 0.6) is 11.5 Å². The predicted octanol–water partition coefficient (Wildman–Crippen LogP) is 3.76. The fourth-order valence-corrected chi connectivity index (χ4v) is 5.31. The molecule has 2 aromatic carbocycles. The van der Waals surface area contributed by atoms with Gasteiger partial charge in [0.2, 0.25) is 10.0 Å². The van der Waals surface area contributed by atoms with Crippen molar-refractivity contribution in [2.45, 2.75) is 50.6 Å². The lowest BCUT2D eigenvalue weighted by molar-refractivity contribution is 0.0735. The van der Waals surface area contributed by atoms with Crippen LogP contribution in [0, 0.1) is 0 Å². The molecule has 7 nitrogen and oxygen atoms in total. The average molecular weight is 447 g/mol. The molecule has 1 unspecified atom stereocenters. The Bertz CT molecular complexity index is 1020. The predicted molar refractivity (Wildman–Crippen MR) is 119 cm³/mol. The maximum Gasteiger partial charge on any atom is 0.254 e. The van der Waals surface area contributed by atoms with Gasteiger partial charge in [-0.1, -0.05) is 12.1 Å². The number of nitrogens with zero attached hydrogens (tertiary/aromatic N) is 1. The van der Waals surface area contributed by atoms with Crippen molar-refractivity contribution in [3.63, 3.8) is 0 Å². The molecule has 0 bridgehead atoms. The first kappa shape index (κ1) is 23.1. The molecule has 1 aliphatic heterocycles. The third kappa shape index (κ3) is 5.19. The van der Waals surface area contributed by atoms with Crippen molar-refractivity contribution < 1.29 is 22.7 Å². The second-order valence-corrected chi connectivity index (χ2v) is 9.48. The number of carbonyl (C=O) groups excluding carboxylic acids is 1. The molecule has 0 saturated carbocycles. The summed E-state index contributed by atoms with van der Waals surface area (Å²) in [6, 6.07) is 12.0. The number of sulfonamides is 1. The third-order valence-electron chi connectivity index (χ3n) is 5.18. The lowest BCUT2D eigenvalue weighted by Crippen LogP contribution is -2.32. The van der Waals surface area contributed by atoms with Crippen LogP contribution in [0.1, 0.15) is 55.6 Å². The van der Waals surface area contributed by atoms with Crippen LogP contribution in [0.2, 0.25) is 0 Å². The van der Waals surface area contributed by atoms with Crippen molar-refractivity contribution in [1.29, 1.82) is 0 Å². The Balaban J connectivity index is 1.90. The standard InChI is InChI=1S/C23H30N2O5S/c1-5-30-19-11-8-17(9-12-19)20-7-6-14-25(20)23(26)18-10-13-21(29-4)22(15-18)31(27,28)24-16(2)3/h8-13,15-16,20,24H,5-7,14H2,1-4H3. The van der Waals surface area contributed by atoms with E-state index in [0.29, 0.717) is 18.7 Å². The molecule has 168 valence electrons. The van der Waals surface area contributed by atoms with Gasteiger partial charge in [-0.05, 0) is 69.5 Å². The zero-order valence-corrected chi connectivity index (χ0v) is 19.2. The van der Waals surface area contributed by atoms with Crippen LogP contribution in [-0.4, -0.2) is 45.5 Å². The van der Waals surface area contributed by atoms with Gasteiger partial charge in [0.05, 0.1) is 19.8 Å². The highest BCUT2D eigenvalue weighted by molar-refractivity contribution is 7.89. The zero-order valence-electron chi connectivity index (χ0n) is 18.4. The molecule has 8 heteroatoms. The number of amides is 1. The number of likely N-dealkylation sites (tertiary alicyclic amines) is 1. The first-order valence-corrected chi connectivity index (χ1v) is 12.0. The number of hydrogen-bond donors (Lipinski definition) is 1. The molecule has 1 aliphatic rings. The first-order valence-electron chi connectivity index (χ1n) is 10.5. The van der Waals surface area contributed by atoms with Crippen molar-refractivity contribution in [3.05, 3.63) is 53.6 Å². The lowest BCUT2D eigenvalue weighted by atomic mass is 10.0. The van der Waals surface area contributed by atoms with Gasteiger partial charge in [0.15, 0.2) is 0 Å². The summed E-state index contributed by atoms with van der Waals surface area (Å²) >= 11 is 0. The Morgan fingerprint density at radius 1 is 1.19 bits per heavy atom. The van der Waals surface area contributed by atoms with Crippen LogP contribution in [-0.2, 0) is 10.0 Å². The fourth-order valence-electron chi connectivity index (χ4n) is 3.87. The molecule has 0 aliphatic carbocycles. The summed E-state index contributed by atoms with van der Waals surface area (Å²) in [6.07, 6.45) is 1.75. The highest BCUT2D eigenvalue weighted by Crippen LogP contribution is 2.35. The smallest absolute Gasteiger partial charge is 0.254 e. The van der Waals surface area contributed by atoms with Crippen molar-refractivity contribution in [2.24, 2.45) is 0 Å². The summed E-state index contributed by atoms with van der Waals surface area (Å²) in [4.78, 5) is 15.1. The van der Waals surface area contributed by atoms with E-state index in [-0.39, 0.29) is 28.6 Å². The number of benzene rings is 2. The van der Waals surface area contributed by atoms with E-state index in [0.717, 1.165) is 24.2 Å². The van der Waals surface area contributed by atoms with Crippen LogP contribution in [0.4, 0.5) is 0 Å². The highest BCUT2D eigenvalue weighted by Gasteiger charge is 2.32. The van der Waals surface area contributed by atoms with Gasteiger partial charge in [-0.25, -0.2) is 13.1 Å². The summed E-state index contributed by atoms with van der Waals surface area (Å²) in [7, 11) is -2.41. The Morgan fingerprint density at radius 3 is 2.52 bits per heavy atom. The number of nitrogens with one attached hydrogen (secondary N) is 1. The van der Waals surface area contributed by atoms with Gasteiger partial charge in [-0.15, -0.1) is 0 Å².